The number of benzene rings is 1. The highest BCUT2D eigenvalue weighted by Crippen LogP contribution is 2.38. The number of ether oxygens (including phenoxy) is 1. The minimum Gasteiger partial charge on any atom is -0.450 e. The number of carbonyl (C=O) groups is 2. The third-order valence-electron chi connectivity index (χ3n) is 5.47. The molecule has 0 saturated carbocycles. The van der Waals surface area contributed by atoms with Crippen LogP contribution in [-0.2, 0) is 15.1 Å². The third kappa shape index (κ3) is 6.46. The van der Waals surface area contributed by atoms with Crippen LogP contribution in [0.15, 0.2) is 48.9 Å². The van der Waals surface area contributed by atoms with Crippen LogP contribution in [0.4, 0.5) is 9.93 Å². The molecule has 0 fully saturated rings. The zero-order chi connectivity index (χ0) is 27.1. The normalized spacial score (nSPS) is 11.4. The number of rotatable bonds is 10. The molecular formula is C26H30N8O3S. The summed E-state index contributed by atoms with van der Waals surface area (Å²) in [6.45, 7) is 6.86. The van der Waals surface area contributed by atoms with Gasteiger partial charge in [-0.1, -0.05) is 17.4 Å². The van der Waals surface area contributed by atoms with E-state index in [4.69, 9.17) is 10.5 Å². The molecule has 3 aromatic heterocycles. The lowest BCUT2D eigenvalue weighted by atomic mass is 10.0. The Morgan fingerprint density at radius 3 is 2.58 bits per heavy atom. The van der Waals surface area contributed by atoms with E-state index in [1.54, 1.807) is 32.4 Å². The molecule has 0 spiro atoms. The summed E-state index contributed by atoms with van der Waals surface area (Å²) in [5.74, 6) is -0.0383. The predicted molar refractivity (Wildman–Crippen MR) is 148 cm³/mol. The fraction of sp³-hybridized carbons (Fsp3) is 0.308. The SMILES string of the molecule is CCNC(=O)Nc1nc2cc(-c3cnc(C(C)(C)OC(=O)CNCCN)nc3)cc(-c3ccccn3)c2s1. The van der Waals surface area contributed by atoms with Crippen molar-refractivity contribution in [1.82, 2.24) is 30.6 Å². The average Bonchev–Trinajstić information content (AvgIpc) is 3.31. The second kappa shape index (κ2) is 12.0. The first-order chi connectivity index (χ1) is 18.3. The Bertz CT molecular complexity index is 1410. The highest BCUT2D eigenvalue weighted by atomic mass is 32.1. The maximum absolute atomic E-state index is 12.2. The number of nitrogens with zero attached hydrogens (tertiary/aromatic N) is 4. The maximum Gasteiger partial charge on any atom is 0.321 e. The van der Waals surface area contributed by atoms with Crippen molar-refractivity contribution in [3.05, 3.63) is 54.7 Å². The summed E-state index contributed by atoms with van der Waals surface area (Å²) in [6, 6.07) is 9.32. The molecule has 198 valence electrons. The summed E-state index contributed by atoms with van der Waals surface area (Å²) < 4.78 is 6.48. The Labute approximate surface area is 224 Å². The number of fused-ring (bicyclic) bond motifs is 1. The fourth-order valence-corrected chi connectivity index (χ4v) is 4.68. The molecule has 0 aliphatic carbocycles. The number of thiazole rings is 1. The van der Waals surface area contributed by atoms with Crippen molar-refractivity contribution in [3.63, 3.8) is 0 Å². The first kappa shape index (κ1) is 27.0. The van der Waals surface area contributed by atoms with Crippen LogP contribution in [0.25, 0.3) is 32.6 Å². The molecule has 12 heteroatoms. The molecule has 2 amide bonds. The van der Waals surface area contributed by atoms with Crippen molar-refractivity contribution in [2.45, 2.75) is 26.4 Å². The van der Waals surface area contributed by atoms with Gasteiger partial charge in [0.1, 0.15) is 0 Å². The standard InChI is InChI=1S/C26H30N8O3S/c1-4-29-24(36)34-25-33-20-12-16(11-18(22(20)38-25)19-7-5-6-9-30-19)17-13-31-23(32-14-17)26(2,3)37-21(35)15-28-10-8-27/h5-7,9,11-14,28H,4,8,10,15,27H2,1-3H3,(H2,29,33,34,36). The first-order valence-corrected chi connectivity index (χ1v) is 13.0. The number of hydrogen-bond acceptors (Lipinski definition) is 10. The third-order valence-corrected chi connectivity index (χ3v) is 6.49. The van der Waals surface area contributed by atoms with E-state index in [9.17, 15) is 9.59 Å². The largest absolute Gasteiger partial charge is 0.450 e. The van der Waals surface area contributed by atoms with Crippen LogP contribution in [0, 0.1) is 0 Å². The van der Waals surface area contributed by atoms with E-state index >= 15 is 0 Å². The number of pyridine rings is 1. The van der Waals surface area contributed by atoms with Gasteiger partial charge >= 0.3 is 12.0 Å². The second-order valence-electron chi connectivity index (χ2n) is 8.84. The minimum atomic E-state index is -1.02. The van der Waals surface area contributed by atoms with Gasteiger partial charge in [0.2, 0.25) is 0 Å². The smallest absolute Gasteiger partial charge is 0.321 e. The van der Waals surface area contributed by atoms with E-state index in [1.807, 2.05) is 37.3 Å². The molecule has 0 unspecified atom stereocenters. The molecule has 0 saturated heterocycles. The van der Waals surface area contributed by atoms with E-state index in [0.29, 0.717) is 36.1 Å². The van der Waals surface area contributed by atoms with Crippen molar-refractivity contribution in [2.75, 3.05) is 31.5 Å². The van der Waals surface area contributed by atoms with Crippen LogP contribution < -0.4 is 21.7 Å². The number of anilines is 1. The van der Waals surface area contributed by atoms with Crippen LogP contribution in [0.1, 0.15) is 26.6 Å². The van der Waals surface area contributed by atoms with Crippen molar-refractivity contribution in [1.29, 1.82) is 0 Å². The molecule has 0 atom stereocenters. The lowest BCUT2D eigenvalue weighted by Crippen LogP contribution is -2.34. The fourth-order valence-electron chi connectivity index (χ4n) is 3.71. The Morgan fingerprint density at radius 1 is 1.11 bits per heavy atom. The lowest BCUT2D eigenvalue weighted by molar-refractivity contribution is -0.157. The van der Waals surface area contributed by atoms with E-state index < -0.39 is 11.6 Å². The topological polar surface area (TPSA) is 157 Å². The number of nitrogens with two attached hydrogens (primary N) is 1. The van der Waals surface area contributed by atoms with Crippen LogP contribution in [0.3, 0.4) is 0 Å². The Balaban J connectivity index is 1.65. The van der Waals surface area contributed by atoms with Gasteiger partial charge in [0.05, 0.1) is 22.5 Å². The molecule has 4 rings (SSSR count). The van der Waals surface area contributed by atoms with Gasteiger partial charge in [-0.2, -0.15) is 0 Å². The zero-order valence-corrected chi connectivity index (χ0v) is 22.3. The minimum absolute atomic E-state index is 0.0552. The highest BCUT2D eigenvalue weighted by Gasteiger charge is 2.28. The van der Waals surface area contributed by atoms with Gasteiger partial charge < -0.3 is 21.1 Å². The van der Waals surface area contributed by atoms with Crippen molar-refractivity contribution >= 4 is 38.7 Å². The number of amides is 2. The molecule has 38 heavy (non-hydrogen) atoms. The second-order valence-corrected chi connectivity index (χ2v) is 9.83. The maximum atomic E-state index is 12.2. The van der Waals surface area contributed by atoms with Gasteiger partial charge in [-0.15, -0.1) is 0 Å². The molecule has 5 N–H and O–H groups in total. The molecule has 1 aromatic carbocycles. The lowest BCUT2D eigenvalue weighted by Gasteiger charge is -2.23. The van der Waals surface area contributed by atoms with E-state index in [1.165, 1.54) is 11.3 Å². The summed E-state index contributed by atoms with van der Waals surface area (Å²) in [5, 5.41) is 8.89. The number of hydrogen-bond donors (Lipinski definition) is 4. The molecule has 0 bridgehead atoms. The van der Waals surface area contributed by atoms with E-state index in [2.05, 4.69) is 35.9 Å². The van der Waals surface area contributed by atoms with Crippen molar-refractivity contribution in [2.24, 2.45) is 5.73 Å². The van der Waals surface area contributed by atoms with Crippen LogP contribution >= 0.6 is 11.3 Å². The molecule has 0 radical (unpaired) electrons. The van der Waals surface area contributed by atoms with Crippen molar-refractivity contribution in [3.8, 4) is 22.4 Å². The zero-order valence-electron chi connectivity index (χ0n) is 21.4. The number of aromatic nitrogens is 4. The van der Waals surface area contributed by atoms with E-state index in [0.717, 1.165) is 27.1 Å². The molecule has 0 aliphatic rings. The average molecular weight is 535 g/mol. The summed E-state index contributed by atoms with van der Waals surface area (Å²) in [7, 11) is 0. The van der Waals surface area contributed by atoms with Crippen LogP contribution in [0.2, 0.25) is 0 Å². The summed E-state index contributed by atoms with van der Waals surface area (Å²) in [5.41, 5.74) is 8.38. The molecular weight excluding hydrogens is 504 g/mol. The molecule has 0 aliphatic heterocycles. The number of esters is 1. The van der Waals surface area contributed by atoms with Gasteiger partial charge in [-0.25, -0.2) is 19.7 Å². The van der Waals surface area contributed by atoms with Crippen LogP contribution in [0.5, 0.6) is 0 Å². The summed E-state index contributed by atoms with van der Waals surface area (Å²) in [4.78, 5) is 42.4. The summed E-state index contributed by atoms with van der Waals surface area (Å²) in [6.07, 6.45) is 5.11. The van der Waals surface area contributed by atoms with Gasteiger partial charge in [0.15, 0.2) is 16.6 Å². The summed E-state index contributed by atoms with van der Waals surface area (Å²) >= 11 is 1.38. The Morgan fingerprint density at radius 2 is 1.89 bits per heavy atom. The highest BCUT2D eigenvalue weighted by molar-refractivity contribution is 7.22. The molecule has 4 aromatic rings. The van der Waals surface area contributed by atoms with E-state index in [-0.39, 0.29) is 12.6 Å². The molecule has 11 nitrogen and oxygen atoms in total. The Hall–Kier alpha value is -4.00. The van der Waals surface area contributed by atoms with Crippen molar-refractivity contribution < 1.29 is 14.3 Å². The van der Waals surface area contributed by atoms with Gasteiger partial charge in [0.25, 0.3) is 0 Å². The Kier molecular flexibility index (Phi) is 8.56. The quantitative estimate of drug-likeness (QED) is 0.177. The number of urea groups is 1. The number of nitrogens with one attached hydrogen (secondary N) is 3. The first-order valence-electron chi connectivity index (χ1n) is 12.2. The van der Waals surface area contributed by atoms with Gasteiger partial charge in [-0.05, 0) is 50.6 Å². The van der Waals surface area contributed by atoms with Gasteiger partial charge in [0, 0.05) is 49.4 Å². The molecule has 3 heterocycles. The van der Waals surface area contributed by atoms with Gasteiger partial charge in [-0.3, -0.25) is 15.1 Å². The van der Waals surface area contributed by atoms with Crippen LogP contribution in [-0.4, -0.2) is 58.1 Å². The monoisotopic (exact) mass is 534 g/mol. The predicted octanol–water partition coefficient (Wildman–Crippen LogP) is 3.28. The number of carbonyl (C=O) groups excluding carboxylic acids is 2.